The zero-order valence-electron chi connectivity index (χ0n) is 12.9. The Labute approximate surface area is 132 Å². The van der Waals surface area contributed by atoms with E-state index in [0.29, 0.717) is 12.5 Å². The van der Waals surface area contributed by atoms with E-state index in [0.717, 1.165) is 29.7 Å². The summed E-state index contributed by atoms with van der Waals surface area (Å²) >= 11 is 0. The minimum atomic E-state index is -0.290. The van der Waals surface area contributed by atoms with E-state index in [4.69, 9.17) is 10.5 Å². The monoisotopic (exact) mass is 312 g/mol. The van der Waals surface area contributed by atoms with Crippen LogP contribution in [0.2, 0.25) is 0 Å². The number of para-hydroxylation sites is 1. The fraction of sp³-hybridized carbons (Fsp3) is 0.562. The zero-order valence-corrected chi connectivity index (χ0v) is 13.8. The number of nitrogens with two attached hydrogens (primary N) is 1. The SMILES string of the molecule is Cc1cccc(C)c1OCC(=O)NC(C)(CN)C1CC1.Cl. The van der Waals surface area contributed by atoms with Crippen molar-refractivity contribution in [1.29, 1.82) is 0 Å². The fourth-order valence-corrected chi connectivity index (χ4v) is 2.56. The Hall–Kier alpha value is -1.26. The van der Waals surface area contributed by atoms with E-state index in [1.807, 2.05) is 39.0 Å². The molecule has 5 heteroatoms. The minimum Gasteiger partial charge on any atom is -0.483 e. The minimum absolute atomic E-state index is 0. The first-order valence-electron chi connectivity index (χ1n) is 7.16. The van der Waals surface area contributed by atoms with Gasteiger partial charge in [-0.15, -0.1) is 12.4 Å². The van der Waals surface area contributed by atoms with E-state index in [2.05, 4.69) is 5.32 Å². The van der Waals surface area contributed by atoms with Crippen LogP contribution in [0.4, 0.5) is 0 Å². The van der Waals surface area contributed by atoms with Gasteiger partial charge >= 0.3 is 0 Å². The Morgan fingerprint density at radius 3 is 2.43 bits per heavy atom. The van der Waals surface area contributed by atoms with Crippen molar-refractivity contribution in [3.05, 3.63) is 29.3 Å². The van der Waals surface area contributed by atoms with Gasteiger partial charge in [0.2, 0.25) is 0 Å². The van der Waals surface area contributed by atoms with Crippen molar-refractivity contribution in [3.8, 4) is 5.75 Å². The molecule has 0 aliphatic heterocycles. The number of hydrogen-bond donors (Lipinski definition) is 2. The van der Waals surface area contributed by atoms with Crippen molar-refractivity contribution in [2.24, 2.45) is 11.7 Å². The number of aryl methyl sites for hydroxylation is 2. The highest BCUT2D eigenvalue weighted by atomic mass is 35.5. The molecule has 118 valence electrons. The second kappa shape index (κ2) is 7.14. The first-order chi connectivity index (χ1) is 9.46. The van der Waals surface area contributed by atoms with E-state index >= 15 is 0 Å². The predicted octanol–water partition coefficient (Wildman–Crippen LogP) is 2.35. The summed E-state index contributed by atoms with van der Waals surface area (Å²) in [6.07, 6.45) is 2.29. The quantitative estimate of drug-likeness (QED) is 0.847. The second-order valence-corrected chi connectivity index (χ2v) is 5.95. The van der Waals surface area contributed by atoms with Gasteiger partial charge in [-0.1, -0.05) is 18.2 Å². The lowest BCUT2D eigenvalue weighted by atomic mass is 9.96. The summed E-state index contributed by atoms with van der Waals surface area (Å²) in [6.45, 7) is 6.48. The molecule has 0 radical (unpaired) electrons. The van der Waals surface area contributed by atoms with Crippen LogP contribution < -0.4 is 15.8 Å². The van der Waals surface area contributed by atoms with Crippen molar-refractivity contribution in [2.75, 3.05) is 13.2 Å². The van der Waals surface area contributed by atoms with Gasteiger partial charge in [-0.05, 0) is 50.7 Å². The molecule has 1 aromatic carbocycles. The zero-order chi connectivity index (χ0) is 14.8. The average Bonchev–Trinajstić information content (AvgIpc) is 3.22. The van der Waals surface area contributed by atoms with Crippen molar-refractivity contribution in [1.82, 2.24) is 5.32 Å². The van der Waals surface area contributed by atoms with Crippen molar-refractivity contribution < 1.29 is 9.53 Å². The Morgan fingerprint density at radius 1 is 1.38 bits per heavy atom. The molecule has 4 nitrogen and oxygen atoms in total. The molecular formula is C16H25ClN2O2. The van der Waals surface area contributed by atoms with Gasteiger partial charge in [0.1, 0.15) is 5.75 Å². The van der Waals surface area contributed by atoms with Crippen LogP contribution in [0.25, 0.3) is 0 Å². The van der Waals surface area contributed by atoms with Crippen molar-refractivity contribution in [2.45, 2.75) is 39.2 Å². The molecule has 0 heterocycles. The number of benzene rings is 1. The van der Waals surface area contributed by atoms with Crippen molar-refractivity contribution in [3.63, 3.8) is 0 Å². The third-order valence-electron chi connectivity index (χ3n) is 4.08. The molecule has 1 saturated carbocycles. The fourth-order valence-electron chi connectivity index (χ4n) is 2.56. The van der Waals surface area contributed by atoms with Gasteiger partial charge in [0.05, 0.1) is 5.54 Å². The first-order valence-corrected chi connectivity index (χ1v) is 7.16. The van der Waals surface area contributed by atoms with E-state index < -0.39 is 0 Å². The van der Waals surface area contributed by atoms with E-state index in [1.54, 1.807) is 0 Å². The van der Waals surface area contributed by atoms with Crippen LogP contribution in [0.1, 0.15) is 30.9 Å². The summed E-state index contributed by atoms with van der Waals surface area (Å²) < 4.78 is 5.67. The lowest BCUT2D eigenvalue weighted by Gasteiger charge is -2.29. The highest BCUT2D eigenvalue weighted by molar-refractivity contribution is 5.85. The number of carbonyl (C=O) groups excluding carboxylic acids is 1. The van der Waals surface area contributed by atoms with Crippen LogP contribution in [0.3, 0.4) is 0 Å². The Balaban J connectivity index is 0.00000220. The number of amides is 1. The highest BCUT2D eigenvalue weighted by Gasteiger charge is 2.41. The molecule has 2 rings (SSSR count). The van der Waals surface area contributed by atoms with Crippen LogP contribution in [-0.4, -0.2) is 24.6 Å². The third kappa shape index (κ3) is 4.35. The average molecular weight is 313 g/mol. The summed E-state index contributed by atoms with van der Waals surface area (Å²) in [6, 6.07) is 5.94. The molecule has 0 bridgehead atoms. The molecule has 0 saturated heterocycles. The normalized spacial score (nSPS) is 16.6. The lowest BCUT2D eigenvalue weighted by Crippen LogP contribution is -2.54. The van der Waals surface area contributed by atoms with E-state index in [1.165, 1.54) is 0 Å². The summed E-state index contributed by atoms with van der Waals surface area (Å²) in [7, 11) is 0. The van der Waals surface area contributed by atoms with Gasteiger partial charge in [-0.3, -0.25) is 4.79 Å². The molecule has 0 aromatic heterocycles. The summed E-state index contributed by atoms with van der Waals surface area (Å²) in [5, 5.41) is 3.03. The smallest absolute Gasteiger partial charge is 0.258 e. The molecule has 1 amide bonds. The van der Waals surface area contributed by atoms with Crippen molar-refractivity contribution >= 4 is 18.3 Å². The molecule has 1 aliphatic rings. The van der Waals surface area contributed by atoms with Crippen LogP contribution in [0.15, 0.2) is 18.2 Å². The van der Waals surface area contributed by atoms with Crippen LogP contribution >= 0.6 is 12.4 Å². The molecular weight excluding hydrogens is 288 g/mol. The maximum atomic E-state index is 12.1. The molecule has 21 heavy (non-hydrogen) atoms. The first kappa shape index (κ1) is 17.8. The van der Waals surface area contributed by atoms with Crippen LogP contribution in [-0.2, 0) is 4.79 Å². The van der Waals surface area contributed by atoms with E-state index in [-0.39, 0.29) is 30.5 Å². The standard InChI is InChI=1S/C16H24N2O2.ClH/c1-11-5-4-6-12(2)15(11)20-9-14(19)18-16(3,10-17)13-7-8-13;/h4-6,13H,7-10,17H2,1-3H3,(H,18,19);1H. The van der Waals surface area contributed by atoms with Crippen LogP contribution in [0.5, 0.6) is 5.75 Å². The summed E-state index contributed by atoms with van der Waals surface area (Å²) in [5.74, 6) is 1.20. The molecule has 0 spiro atoms. The summed E-state index contributed by atoms with van der Waals surface area (Å²) in [4.78, 5) is 12.1. The predicted molar refractivity (Wildman–Crippen MR) is 87.0 cm³/mol. The highest BCUT2D eigenvalue weighted by Crippen LogP contribution is 2.38. The second-order valence-electron chi connectivity index (χ2n) is 5.95. The Kier molecular flexibility index (Phi) is 6.05. The Bertz CT molecular complexity index is 483. The third-order valence-corrected chi connectivity index (χ3v) is 4.08. The number of rotatable bonds is 6. The lowest BCUT2D eigenvalue weighted by molar-refractivity contribution is -0.125. The largest absolute Gasteiger partial charge is 0.483 e. The van der Waals surface area contributed by atoms with Gasteiger partial charge in [0.15, 0.2) is 6.61 Å². The number of ether oxygens (including phenoxy) is 1. The number of hydrogen-bond acceptors (Lipinski definition) is 3. The molecule has 1 atom stereocenters. The molecule has 1 fully saturated rings. The van der Waals surface area contributed by atoms with Crippen LogP contribution in [0, 0.1) is 19.8 Å². The number of nitrogens with one attached hydrogen (secondary N) is 1. The maximum Gasteiger partial charge on any atom is 0.258 e. The number of halogens is 1. The van der Waals surface area contributed by atoms with Gasteiger partial charge in [0, 0.05) is 6.54 Å². The molecule has 3 N–H and O–H groups in total. The Morgan fingerprint density at radius 2 is 1.95 bits per heavy atom. The topological polar surface area (TPSA) is 64.3 Å². The number of carbonyl (C=O) groups is 1. The molecule has 1 aromatic rings. The van der Waals surface area contributed by atoms with Gasteiger partial charge in [0.25, 0.3) is 5.91 Å². The van der Waals surface area contributed by atoms with E-state index in [9.17, 15) is 4.79 Å². The van der Waals surface area contributed by atoms with Gasteiger partial charge < -0.3 is 15.8 Å². The maximum absolute atomic E-state index is 12.1. The van der Waals surface area contributed by atoms with Gasteiger partial charge in [-0.2, -0.15) is 0 Å². The van der Waals surface area contributed by atoms with Gasteiger partial charge in [-0.25, -0.2) is 0 Å². The molecule has 1 aliphatic carbocycles. The molecule has 1 unspecified atom stereocenters. The summed E-state index contributed by atoms with van der Waals surface area (Å²) in [5.41, 5.74) is 7.59.